The molecular formula is C16H14N2O3S. The van der Waals surface area contributed by atoms with Crippen molar-refractivity contribution in [1.29, 1.82) is 0 Å². The largest absolute Gasteiger partial charge is 0.443 e. The van der Waals surface area contributed by atoms with Crippen molar-refractivity contribution in [3.05, 3.63) is 72.5 Å². The van der Waals surface area contributed by atoms with Gasteiger partial charge in [0.15, 0.2) is 0 Å². The lowest BCUT2D eigenvalue weighted by molar-refractivity contribution is 0.562. The third kappa shape index (κ3) is 3.24. The van der Waals surface area contributed by atoms with Crippen LogP contribution in [0.3, 0.4) is 0 Å². The van der Waals surface area contributed by atoms with Crippen LogP contribution in [0, 0.1) is 0 Å². The lowest BCUT2D eigenvalue weighted by atomic mass is 10.2. The van der Waals surface area contributed by atoms with Crippen LogP contribution in [0.5, 0.6) is 0 Å². The highest BCUT2D eigenvalue weighted by Crippen LogP contribution is 2.20. The molecule has 22 heavy (non-hydrogen) atoms. The van der Waals surface area contributed by atoms with E-state index in [1.165, 1.54) is 0 Å². The lowest BCUT2D eigenvalue weighted by Gasteiger charge is -2.03. The summed E-state index contributed by atoms with van der Waals surface area (Å²) >= 11 is 0. The molecule has 0 amide bonds. The number of nitrogens with one attached hydrogen (secondary N) is 1. The van der Waals surface area contributed by atoms with Gasteiger partial charge in [-0.3, -0.25) is 0 Å². The molecule has 0 bridgehead atoms. The first-order valence-corrected chi connectivity index (χ1v) is 8.18. The molecule has 0 aliphatic rings. The second kappa shape index (κ2) is 6.13. The summed E-state index contributed by atoms with van der Waals surface area (Å²) in [5.74, 6) is 0.278. The molecular weight excluding hydrogens is 300 g/mol. The summed E-state index contributed by atoms with van der Waals surface area (Å²) in [5.41, 5.74) is 1.60. The van der Waals surface area contributed by atoms with Gasteiger partial charge < -0.3 is 4.42 Å². The summed E-state index contributed by atoms with van der Waals surface area (Å²) in [5, 5.41) is -0.123. The van der Waals surface area contributed by atoms with E-state index in [1.54, 1.807) is 12.1 Å². The molecule has 1 aromatic heterocycles. The monoisotopic (exact) mass is 314 g/mol. The van der Waals surface area contributed by atoms with Crippen LogP contribution >= 0.6 is 0 Å². The van der Waals surface area contributed by atoms with Gasteiger partial charge in [0, 0.05) is 12.1 Å². The van der Waals surface area contributed by atoms with E-state index in [-0.39, 0.29) is 17.5 Å². The van der Waals surface area contributed by atoms with E-state index >= 15 is 0 Å². The maximum Gasteiger partial charge on any atom is 0.261 e. The Balaban J connectivity index is 1.77. The van der Waals surface area contributed by atoms with Crippen LogP contribution in [0.25, 0.3) is 11.5 Å². The van der Waals surface area contributed by atoms with E-state index in [2.05, 4.69) is 9.71 Å². The molecule has 6 heteroatoms. The summed E-state index contributed by atoms with van der Waals surface area (Å²) in [6, 6.07) is 18.4. The average molecular weight is 314 g/mol. The van der Waals surface area contributed by atoms with Gasteiger partial charge in [-0.1, -0.05) is 48.5 Å². The quantitative estimate of drug-likeness (QED) is 0.786. The van der Waals surface area contributed by atoms with Crippen LogP contribution in [0.4, 0.5) is 0 Å². The molecule has 0 aliphatic heterocycles. The third-order valence-electron chi connectivity index (χ3n) is 3.09. The highest BCUT2D eigenvalue weighted by molar-refractivity contribution is 7.89. The highest BCUT2D eigenvalue weighted by atomic mass is 32.2. The van der Waals surface area contributed by atoms with E-state index in [0.717, 1.165) is 17.4 Å². The Morgan fingerprint density at radius 2 is 1.59 bits per heavy atom. The average Bonchev–Trinajstić information content (AvgIpc) is 3.06. The number of rotatable bonds is 5. The molecule has 0 fully saturated rings. The van der Waals surface area contributed by atoms with E-state index in [0.29, 0.717) is 0 Å². The fourth-order valence-electron chi connectivity index (χ4n) is 1.94. The van der Waals surface area contributed by atoms with Crippen molar-refractivity contribution >= 4 is 10.0 Å². The summed E-state index contributed by atoms with van der Waals surface area (Å²) in [6.45, 7) is 0.205. The molecule has 2 aromatic carbocycles. The predicted octanol–water partition coefficient (Wildman–Crippen LogP) is 2.82. The molecule has 0 radical (unpaired) electrons. The molecule has 1 N–H and O–H groups in total. The normalized spacial score (nSPS) is 11.5. The number of nitrogens with zero attached hydrogens (tertiary/aromatic N) is 1. The van der Waals surface area contributed by atoms with Gasteiger partial charge in [-0.05, 0) is 17.7 Å². The minimum absolute atomic E-state index is 0.123. The maximum atomic E-state index is 12.2. The number of hydrogen-bond donors (Lipinski definition) is 1. The van der Waals surface area contributed by atoms with Crippen molar-refractivity contribution in [1.82, 2.24) is 9.71 Å². The SMILES string of the molecule is O=S(=O)(NCc1ccccc1)c1coc(-c2ccccc2)n1. The number of aromatic nitrogens is 1. The molecule has 0 spiro atoms. The van der Waals surface area contributed by atoms with Crippen LogP contribution in [0.15, 0.2) is 76.4 Å². The van der Waals surface area contributed by atoms with Crippen molar-refractivity contribution in [2.24, 2.45) is 0 Å². The van der Waals surface area contributed by atoms with Crippen LogP contribution < -0.4 is 4.72 Å². The molecule has 3 rings (SSSR count). The topological polar surface area (TPSA) is 72.2 Å². The minimum atomic E-state index is -3.70. The predicted molar refractivity (Wildman–Crippen MR) is 82.4 cm³/mol. The van der Waals surface area contributed by atoms with Gasteiger partial charge >= 0.3 is 0 Å². The molecule has 5 nitrogen and oxygen atoms in total. The smallest absolute Gasteiger partial charge is 0.261 e. The maximum absolute atomic E-state index is 12.2. The van der Waals surface area contributed by atoms with Gasteiger partial charge in [-0.2, -0.15) is 4.98 Å². The fourth-order valence-corrected chi connectivity index (χ4v) is 2.83. The van der Waals surface area contributed by atoms with Crippen molar-refractivity contribution < 1.29 is 12.8 Å². The summed E-state index contributed by atoms with van der Waals surface area (Å²) in [4.78, 5) is 4.05. The van der Waals surface area contributed by atoms with Gasteiger partial charge in [0.1, 0.15) is 6.26 Å². The lowest BCUT2D eigenvalue weighted by Crippen LogP contribution is -2.23. The van der Waals surface area contributed by atoms with Crippen LogP contribution in [-0.4, -0.2) is 13.4 Å². The Kier molecular flexibility index (Phi) is 4.04. The summed E-state index contributed by atoms with van der Waals surface area (Å²) < 4.78 is 32.2. The van der Waals surface area contributed by atoms with E-state index in [9.17, 15) is 8.42 Å². The second-order valence-electron chi connectivity index (χ2n) is 4.67. The molecule has 0 aliphatic carbocycles. The zero-order valence-electron chi connectivity index (χ0n) is 11.6. The van der Waals surface area contributed by atoms with Gasteiger partial charge in [0.25, 0.3) is 10.0 Å². The zero-order valence-corrected chi connectivity index (χ0v) is 12.5. The van der Waals surface area contributed by atoms with Gasteiger partial charge in [-0.25, -0.2) is 13.1 Å². The van der Waals surface area contributed by atoms with E-state index in [4.69, 9.17) is 4.42 Å². The van der Waals surface area contributed by atoms with Gasteiger partial charge in [0.05, 0.1) is 0 Å². The third-order valence-corrected chi connectivity index (χ3v) is 4.35. The number of hydrogen-bond acceptors (Lipinski definition) is 4. The zero-order chi connectivity index (χ0) is 15.4. The number of sulfonamides is 1. The molecule has 112 valence electrons. The van der Waals surface area contributed by atoms with Crippen molar-refractivity contribution in [2.75, 3.05) is 0 Å². The first-order chi connectivity index (χ1) is 10.6. The number of oxazole rings is 1. The summed E-state index contributed by atoms with van der Waals surface area (Å²) in [6.07, 6.45) is 1.15. The van der Waals surface area contributed by atoms with Gasteiger partial charge in [-0.15, -0.1) is 0 Å². The van der Waals surface area contributed by atoms with Crippen molar-refractivity contribution in [2.45, 2.75) is 11.6 Å². The van der Waals surface area contributed by atoms with E-state index in [1.807, 2.05) is 48.5 Å². The van der Waals surface area contributed by atoms with Gasteiger partial charge in [0.2, 0.25) is 10.9 Å². The molecule has 0 atom stereocenters. The molecule has 0 saturated heterocycles. The minimum Gasteiger partial charge on any atom is -0.443 e. The Morgan fingerprint density at radius 3 is 2.27 bits per heavy atom. The first kappa shape index (κ1) is 14.5. The number of benzene rings is 2. The first-order valence-electron chi connectivity index (χ1n) is 6.70. The van der Waals surface area contributed by atoms with Crippen molar-refractivity contribution in [3.63, 3.8) is 0 Å². The summed E-state index contributed by atoms with van der Waals surface area (Å²) in [7, 11) is -3.70. The standard InChI is InChI=1S/C16H14N2O3S/c19-22(20,17-11-13-7-3-1-4-8-13)15-12-21-16(18-15)14-9-5-2-6-10-14/h1-10,12,17H,11H2. The van der Waals surface area contributed by atoms with Crippen LogP contribution in [-0.2, 0) is 16.6 Å². The molecule has 0 unspecified atom stereocenters. The highest BCUT2D eigenvalue weighted by Gasteiger charge is 2.19. The van der Waals surface area contributed by atoms with E-state index < -0.39 is 10.0 Å². The Labute approximate surface area is 128 Å². The Bertz CT molecular complexity index is 843. The van der Waals surface area contributed by atoms with Crippen LogP contribution in [0.1, 0.15) is 5.56 Å². The molecule has 3 aromatic rings. The fraction of sp³-hybridized carbons (Fsp3) is 0.0625. The molecule has 0 saturated carbocycles. The Hall–Kier alpha value is -2.44. The second-order valence-corrected chi connectivity index (χ2v) is 6.38. The Morgan fingerprint density at radius 1 is 0.955 bits per heavy atom. The van der Waals surface area contributed by atoms with Crippen molar-refractivity contribution in [3.8, 4) is 11.5 Å². The van der Waals surface area contributed by atoms with Crippen LogP contribution in [0.2, 0.25) is 0 Å². The molecule has 1 heterocycles.